The molecule has 0 amide bonds. The first-order valence-corrected chi connectivity index (χ1v) is 12.2. The molecule has 3 aromatic heterocycles. The summed E-state index contributed by atoms with van der Waals surface area (Å²) in [4.78, 5) is 9.77. The maximum atomic E-state index is 6.38. The van der Waals surface area contributed by atoms with Crippen LogP contribution >= 0.6 is 0 Å². The number of ether oxygens (including phenoxy) is 1. The first-order chi connectivity index (χ1) is 17.6. The number of benzene rings is 2. The van der Waals surface area contributed by atoms with Crippen molar-refractivity contribution in [2.45, 2.75) is 46.1 Å². The van der Waals surface area contributed by atoms with Crippen molar-refractivity contribution in [3.8, 4) is 11.4 Å². The van der Waals surface area contributed by atoms with Gasteiger partial charge in [-0.25, -0.2) is 9.97 Å². The largest absolute Gasteiger partial charge is 0.488 e. The number of nitrogens with one attached hydrogen (secondary N) is 1. The van der Waals surface area contributed by atoms with Gasteiger partial charge in [0, 0.05) is 34.5 Å². The first kappa shape index (κ1) is 21.0. The smallest absolute Gasteiger partial charge is 0.201 e. The van der Waals surface area contributed by atoms with Crippen LogP contribution in [0.4, 0.5) is 0 Å². The van der Waals surface area contributed by atoms with Crippen LogP contribution in [0, 0.1) is 13.8 Å². The lowest BCUT2D eigenvalue weighted by atomic mass is 9.88. The fourth-order valence-electron chi connectivity index (χ4n) is 5.26. The molecule has 0 atom stereocenters. The van der Waals surface area contributed by atoms with Crippen molar-refractivity contribution in [2.75, 3.05) is 0 Å². The van der Waals surface area contributed by atoms with E-state index in [2.05, 4.69) is 63.3 Å². The first-order valence-electron chi connectivity index (χ1n) is 12.2. The van der Waals surface area contributed by atoms with Gasteiger partial charge >= 0.3 is 0 Å². The molecule has 4 heterocycles. The van der Waals surface area contributed by atoms with Crippen LogP contribution in [0.25, 0.3) is 28.0 Å². The molecule has 0 unspecified atom stereocenters. The molecule has 8 heteroatoms. The normalized spacial score (nSPS) is 16.3. The van der Waals surface area contributed by atoms with Crippen molar-refractivity contribution in [3.63, 3.8) is 0 Å². The highest BCUT2D eigenvalue weighted by molar-refractivity contribution is 6.00. The van der Waals surface area contributed by atoms with Gasteiger partial charge in [-0.3, -0.25) is 4.57 Å². The SMILES string of the molecule is C/C(=C1\c2ccc(-n3c(C4CC4)nc4c(C)ccnc43)cc2COc2cccc(C)c21)c1nn[nH]n1. The number of rotatable bonds is 3. The average Bonchev–Trinajstić information content (AvgIpc) is 3.47. The van der Waals surface area contributed by atoms with E-state index >= 15 is 0 Å². The van der Waals surface area contributed by atoms with Crippen LogP contribution in [0.3, 0.4) is 0 Å². The summed E-state index contributed by atoms with van der Waals surface area (Å²) in [5.74, 6) is 3.01. The Labute approximate surface area is 208 Å². The maximum absolute atomic E-state index is 6.38. The summed E-state index contributed by atoms with van der Waals surface area (Å²) in [6.07, 6.45) is 4.21. The summed E-state index contributed by atoms with van der Waals surface area (Å²) in [6, 6.07) is 14.8. The van der Waals surface area contributed by atoms with E-state index in [9.17, 15) is 0 Å². The van der Waals surface area contributed by atoms with Crippen LogP contribution < -0.4 is 4.74 Å². The quantitative estimate of drug-likeness (QED) is 0.381. The van der Waals surface area contributed by atoms with E-state index in [4.69, 9.17) is 14.7 Å². The predicted octanol–water partition coefficient (Wildman–Crippen LogP) is 5.30. The molecule has 1 saturated carbocycles. The topological polar surface area (TPSA) is 94.4 Å². The summed E-state index contributed by atoms with van der Waals surface area (Å²) in [5.41, 5.74) is 10.5. The van der Waals surface area contributed by atoms with E-state index in [1.807, 2.05) is 31.3 Å². The van der Waals surface area contributed by atoms with Gasteiger partial charge < -0.3 is 4.74 Å². The van der Waals surface area contributed by atoms with Gasteiger partial charge in [-0.1, -0.05) is 18.2 Å². The van der Waals surface area contributed by atoms with Gasteiger partial charge in [0.1, 0.15) is 23.7 Å². The second-order valence-electron chi connectivity index (χ2n) is 9.69. The third-order valence-corrected chi connectivity index (χ3v) is 7.26. The molecule has 1 aliphatic heterocycles. The average molecular weight is 476 g/mol. The second kappa shape index (κ2) is 7.84. The Balaban J connectivity index is 1.47. The molecule has 1 fully saturated rings. The highest BCUT2D eigenvalue weighted by Gasteiger charge is 2.31. The number of H-pyrrole nitrogens is 1. The molecule has 0 radical (unpaired) electrons. The lowest BCUT2D eigenvalue weighted by Gasteiger charge is -2.16. The number of imidazole rings is 1. The summed E-state index contributed by atoms with van der Waals surface area (Å²) in [6.45, 7) is 6.71. The number of aromatic amines is 1. The van der Waals surface area contributed by atoms with Gasteiger partial charge in [0.25, 0.3) is 0 Å². The standard InChI is InChI=1S/C28H25N7O/c1-15-5-4-6-22-23(15)24(17(3)26-31-33-34-32-26)21-10-9-20(13-19(21)14-36-22)35-27(18-7-8-18)30-25-16(2)11-12-29-28(25)35/h4-6,9-13,18H,7-8,14H2,1-3H3,(H,31,32,33,34)/b24-17-. The zero-order valence-corrected chi connectivity index (χ0v) is 20.4. The maximum Gasteiger partial charge on any atom is 0.201 e. The van der Waals surface area contributed by atoms with Crippen molar-refractivity contribution in [2.24, 2.45) is 0 Å². The fourth-order valence-corrected chi connectivity index (χ4v) is 5.26. The monoisotopic (exact) mass is 475 g/mol. The molecule has 5 aromatic rings. The minimum Gasteiger partial charge on any atom is -0.488 e. The van der Waals surface area contributed by atoms with Crippen molar-refractivity contribution >= 4 is 22.3 Å². The second-order valence-corrected chi connectivity index (χ2v) is 9.69. The van der Waals surface area contributed by atoms with Gasteiger partial charge in [-0.15, -0.1) is 10.2 Å². The number of aromatic nitrogens is 7. The van der Waals surface area contributed by atoms with Crippen LogP contribution in [0.5, 0.6) is 5.75 Å². The lowest BCUT2D eigenvalue weighted by molar-refractivity contribution is 0.307. The zero-order chi connectivity index (χ0) is 24.4. The molecule has 1 aliphatic carbocycles. The molecule has 7 rings (SSSR count). The molecule has 178 valence electrons. The Kier molecular flexibility index (Phi) is 4.57. The van der Waals surface area contributed by atoms with Gasteiger partial charge in [-0.05, 0) is 85.3 Å². The van der Waals surface area contributed by atoms with E-state index in [1.165, 1.54) is 12.8 Å². The molecule has 0 spiro atoms. The van der Waals surface area contributed by atoms with Crippen molar-refractivity contribution in [1.29, 1.82) is 0 Å². The molecule has 0 bridgehead atoms. The van der Waals surface area contributed by atoms with E-state index < -0.39 is 0 Å². The van der Waals surface area contributed by atoms with Crippen LogP contribution in [-0.4, -0.2) is 35.2 Å². The van der Waals surface area contributed by atoms with E-state index in [1.54, 1.807) is 0 Å². The third kappa shape index (κ3) is 3.17. The van der Waals surface area contributed by atoms with Crippen molar-refractivity contribution < 1.29 is 4.74 Å². The molecule has 36 heavy (non-hydrogen) atoms. The lowest BCUT2D eigenvalue weighted by Crippen LogP contribution is -2.04. The highest BCUT2D eigenvalue weighted by atomic mass is 16.5. The number of hydrogen-bond donors (Lipinski definition) is 1. The van der Waals surface area contributed by atoms with Crippen LogP contribution in [0.1, 0.15) is 65.1 Å². The van der Waals surface area contributed by atoms with E-state index in [0.717, 1.165) is 67.4 Å². The number of aryl methyl sites for hydroxylation is 2. The van der Waals surface area contributed by atoms with Crippen LogP contribution in [0.2, 0.25) is 0 Å². The Morgan fingerprint density at radius 3 is 2.78 bits per heavy atom. The molecular weight excluding hydrogens is 450 g/mol. The van der Waals surface area contributed by atoms with Crippen molar-refractivity contribution in [3.05, 3.63) is 88.1 Å². The number of allylic oxidation sites excluding steroid dienone is 1. The van der Waals surface area contributed by atoms with E-state index in [-0.39, 0.29) is 0 Å². The highest BCUT2D eigenvalue weighted by Crippen LogP contribution is 2.44. The molecule has 8 nitrogen and oxygen atoms in total. The molecule has 1 N–H and O–H groups in total. The van der Waals surface area contributed by atoms with Gasteiger partial charge in [0.15, 0.2) is 5.65 Å². The number of nitrogens with zero attached hydrogens (tertiary/aromatic N) is 6. The summed E-state index contributed by atoms with van der Waals surface area (Å²) >= 11 is 0. The Hall–Kier alpha value is -4.33. The molecular formula is C28H25N7O. The van der Waals surface area contributed by atoms with E-state index in [0.29, 0.717) is 18.3 Å². The minimum atomic E-state index is 0.459. The molecule has 0 saturated heterocycles. The predicted molar refractivity (Wildman–Crippen MR) is 137 cm³/mol. The van der Waals surface area contributed by atoms with Gasteiger partial charge in [0.05, 0.1) is 0 Å². The summed E-state index contributed by atoms with van der Waals surface area (Å²) in [5, 5.41) is 14.9. The number of tetrazole rings is 1. The Bertz CT molecular complexity index is 1680. The minimum absolute atomic E-state index is 0.459. The summed E-state index contributed by atoms with van der Waals surface area (Å²) < 4.78 is 8.62. The van der Waals surface area contributed by atoms with Crippen LogP contribution in [-0.2, 0) is 6.61 Å². The molecule has 2 aliphatic rings. The van der Waals surface area contributed by atoms with Gasteiger partial charge in [-0.2, -0.15) is 5.21 Å². The van der Waals surface area contributed by atoms with Crippen LogP contribution in [0.15, 0.2) is 48.7 Å². The Morgan fingerprint density at radius 1 is 1.08 bits per heavy atom. The fraction of sp³-hybridized carbons (Fsp3) is 0.250. The summed E-state index contributed by atoms with van der Waals surface area (Å²) in [7, 11) is 0. The van der Waals surface area contributed by atoms with Crippen molar-refractivity contribution in [1.82, 2.24) is 35.2 Å². The Morgan fingerprint density at radius 2 is 1.97 bits per heavy atom. The number of fused-ring (bicyclic) bond motifs is 3. The number of pyridine rings is 1. The molecule has 2 aromatic carbocycles. The van der Waals surface area contributed by atoms with Gasteiger partial charge in [0.2, 0.25) is 5.82 Å². The zero-order valence-electron chi connectivity index (χ0n) is 20.4. The third-order valence-electron chi connectivity index (χ3n) is 7.26. The number of hydrogen-bond acceptors (Lipinski definition) is 6.